The van der Waals surface area contributed by atoms with Crippen molar-refractivity contribution >= 4 is 5.91 Å². The summed E-state index contributed by atoms with van der Waals surface area (Å²) in [7, 11) is 0. The van der Waals surface area contributed by atoms with Crippen molar-refractivity contribution in [3.63, 3.8) is 0 Å². The second-order valence-electron chi connectivity index (χ2n) is 4.38. The Morgan fingerprint density at radius 1 is 1.55 bits per heavy atom. The van der Waals surface area contributed by atoms with Crippen LogP contribution >= 0.6 is 0 Å². The Bertz CT molecular complexity index is 598. The molecule has 1 unspecified atom stereocenters. The van der Waals surface area contributed by atoms with Crippen LogP contribution in [-0.2, 0) is 11.2 Å². The fourth-order valence-corrected chi connectivity index (χ4v) is 1.85. The average Bonchev–Trinajstić information content (AvgIpc) is 2.81. The minimum atomic E-state index is -0.651. The molecule has 0 spiro atoms. The molecule has 1 amide bonds. The number of nitrogens with one attached hydrogen (secondary N) is 1. The summed E-state index contributed by atoms with van der Waals surface area (Å²) in [5.41, 5.74) is 0.509. The number of hydrogen-bond donors (Lipinski definition) is 2. The molecule has 1 aromatic heterocycles. The van der Waals surface area contributed by atoms with Crippen LogP contribution in [0.15, 0.2) is 34.9 Å². The number of hydrogen-bond acceptors (Lipinski definition) is 4. The first-order chi connectivity index (χ1) is 9.58. The highest BCUT2D eigenvalue weighted by atomic mass is 19.1. The highest BCUT2D eigenvalue weighted by molar-refractivity contribution is 5.78. The zero-order valence-corrected chi connectivity index (χ0v) is 11.0. The number of aliphatic hydroxyl groups excluding tert-OH is 1. The zero-order valence-electron chi connectivity index (χ0n) is 11.0. The van der Waals surface area contributed by atoms with E-state index in [1.807, 2.05) is 0 Å². The molecule has 0 aliphatic carbocycles. The van der Waals surface area contributed by atoms with E-state index < -0.39 is 11.9 Å². The highest BCUT2D eigenvalue weighted by Crippen LogP contribution is 2.14. The first-order valence-corrected chi connectivity index (χ1v) is 6.15. The van der Waals surface area contributed by atoms with Crippen LogP contribution in [0, 0.1) is 12.7 Å². The number of carbonyl (C=O) groups is 1. The van der Waals surface area contributed by atoms with Crippen LogP contribution in [0.3, 0.4) is 0 Å². The van der Waals surface area contributed by atoms with Gasteiger partial charge in [0.15, 0.2) is 5.89 Å². The van der Waals surface area contributed by atoms with Gasteiger partial charge in [0.05, 0.1) is 25.3 Å². The summed E-state index contributed by atoms with van der Waals surface area (Å²) in [6.45, 7) is 1.37. The van der Waals surface area contributed by atoms with Crippen LogP contribution in [0.1, 0.15) is 23.3 Å². The number of oxazole rings is 1. The molecule has 2 N–H and O–H groups in total. The summed E-state index contributed by atoms with van der Waals surface area (Å²) >= 11 is 0. The second kappa shape index (κ2) is 6.29. The third-order valence-electron chi connectivity index (χ3n) is 2.77. The van der Waals surface area contributed by atoms with E-state index in [-0.39, 0.29) is 18.9 Å². The van der Waals surface area contributed by atoms with Crippen molar-refractivity contribution in [2.24, 2.45) is 0 Å². The quantitative estimate of drug-likeness (QED) is 0.869. The van der Waals surface area contributed by atoms with Crippen LogP contribution in [0.5, 0.6) is 0 Å². The zero-order chi connectivity index (χ0) is 14.5. The van der Waals surface area contributed by atoms with Crippen molar-refractivity contribution in [1.29, 1.82) is 0 Å². The molecule has 2 aromatic rings. The van der Waals surface area contributed by atoms with E-state index in [4.69, 9.17) is 4.42 Å². The number of aryl methyl sites for hydroxylation is 1. The number of benzene rings is 1. The largest absolute Gasteiger partial charge is 0.446 e. The summed E-state index contributed by atoms with van der Waals surface area (Å²) in [6.07, 6.45) is 1.50. The summed E-state index contributed by atoms with van der Waals surface area (Å²) in [5.74, 6) is 0.179. The standard InChI is InChI=1S/C14H15FN2O3/c1-9-16-7-12(20-9)6-14(19)17-13(8-18)10-3-2-4-11(15)5-10/h2-5,7,13,18H,6,8H2,1H3,(H,17,19). The fraction of sp³-hybridized carbons (Fsp3) is 0.286. The Balaban J connectivity index is 2.01. The van der Waals surface area contributed by atoms with E-state index in [2.05, 4.69) is 10.3 Å². The molecule has 0 radical (unpaired) electrons. The van der Waals surface area contributed by atoms with Gasteiger partial charge < -0.3 is 14.8 Å². The maximum Gasteiger partial charge on any atom is 0.228 e. The van der Waals surface area contributed by atoms with Gasteiger partial charge in [0.2, 0.25) is 5.91 Å². The monoisotopic (exact) mass is 278 g/mol. The van der Waals surface area contributed by atoms with Gasteiger partial charge in [-0.3, -0.25) is 4.79 Å². The minimum absolute atomic E-state index is 0.0205. The van der Waals surface area contributed by atoms with Gasteiger partial charge in [-0.1, -0.05) is 12.1 Å². The summed E-state index contributed by atoms with van der Waals surface area (Å²) in [6, 6.07) is 5.10. The first-order valence-electron chi connectivity index (χ1n) is 6.15. The van der Waals surface area contributed by atoms with Gasteiger partial charge >= 0.3 is 0 Å². The van der Waals surface area contributed by atoms with Crippen molar-refractivity contribution in [2.45, 2.75) is 19.4 Å². The van der Waals surface area contributed by atoms with E-state index in [1.54, 1.807) is 13.0 Å². The molecule has 0 fully saturated rings. The van der Waals surface area contributed by atoms with E-state index in [9.17, 15) is 14.3 Å². The molecule has 2 rings (SSSR count). The predicted octanol–water partition coefficient (Wildman–Crippen LogP) is 1.51. The average molecular weight is 278 g/mol. The van der Waals surface area contributed by atoms with E-state index in [1.165, 1.54) is 24.4 Å². The molecule has 0 aliphatic rings. The van der Waals surface area contributed by atoms with Crippen LogP contribution in [0.4, 0.5) is 4.39 Å². The number of carbonyl (C=O) groups excluding carboxylic acids is 1. The van der Waals surface area contributed by atoms with Crippen molar-refractivity contribution in [3.05, 3.63) is 53.5 Å². The predicted molar refractivity (Wildman–Crippen MR) is 69.3 cm³/mol. The Morgan fingerprint density at radius 3 is 2.95 bits per heavy atom. The summed E-state index contributed by atoms with van der Waals surface area (Å²) in [4.78, 5) is 15.7. The fourth-order valence-electron chi connectivity index (χ4n) is 1.85. The Hall–Kier alpha value is -2.21. The van der Waals surface area contributed by atoms with E-state index in [0.717, 1.165) is 0 Å². The van der Waals surface area contributed by atoms with Crippen LogP contribution in [-0.4, -0.2) is 22.6 Å². The number of aromatic nitrogens is 1. The number of halogens is 1. The van der Waals surface area contributed by atoms with Gasteiger partial charge in [-0.15, -0.1) is 0 Å². The highest BCUT2D eigenvalue weighted by Gasteiger charge is 2.15. The molecule has 0 saturated carbocycles. The van der Waals surface area contributed by atoms with Crippen molar-refractivity contribution < 1.29 is 18.7 Å². The molecule has 1 aromatic carbocycles. The molecule has 1 heterocycles. The topological polar surface area (TPSA) is 75.4 Å². The molecule has 5 nitrogen and oxygen atoms in total. The van der Waals surface area contributed by atoms with Crippen LogP contribution < -0.4 is 5.32 Å². The Kier molecular flexibility index (Phi) is 4.47. The van der Waals surface area contributed by atoms with Gasteiger partial charge in [-0.05, 0) is 17.7 Å². The lowest BCUT2D eigenvalue weighted by atomic mass is 10.1. The maximum atomic E-state index is 13.1. The van der Waals surface area contributed by atoms with Gasteiger partial charge in [-0.25, -0.2) is 9.37 Å². The smallest absolute Gasteiger partial charge is 0.228 e. The summed E-state index contributed by atoms with van der Waals surface area (Å²) < 4.78 is 18.3. The third kappa shape index (κ3) is 3.64. The van der Waals surface area contributed by atoms with E-state index in [0.29, 0.717) is 17.2 Å². The minimum Gasteiger partial charge on any atom is -0.446 e. The SMILES string of the molecule is Cc1ncc(CC(=O)NC(CO)c2cccc(F)c2)o1. The van der Waals surface area contributed by atoms with Crippen LogP contribution in [0.25, 0.3) is 0 Å². The molecule has 0 bridgehead atoms. The number of aliphatic hydroxyl groups is 1. The number of amides is 1. The Labute approximate surface area is 115 Å². The van der Waals surface area contributed by atoms with Gasteiger partial charge in [0, 0.05) is 6.92 Å². The van der Waals surface area contributed by atoms with Gasteiger partial charge in [0.1, 0.15) is 11.6 Å². The van der Waals surface area contributed by atoms with E-state index >= 15 is 0 Å². The molecule has 106 valence electrons. The van der Waals surface area contributed by atoms with Crippen LogP contribution in [0.2, 0.25) is 0 Å². The lowest BCUT2D eigenvalue weighted by Gasteiger charge is -2.16. The summed E-state index contributed by atoms with van der Waals surface area (Å²) in [5, 5.41) is 11.9. The molecular formula is C14H15FN2O3. The molecular weight excluding hydrogens is 263 g/mol. The second-order valence-corrected chi connectivity index (χ2v) is 4.38. The van der Waals surface area contributed by atoms with Crippen molar-refractivity contribution in [1.82, 2.24) is 10.3 Å². The molecule has 6 heteroatoms. The normalized spacial score (nSPS) is 12.2. The molecule has 1 atom stereocenters. The number of rotatable bonds is 5. The molecule has 0 aliphatic heterocycles. The first kappa shape index (κ1) is 14.2. The molecule has 20 heavy (non-hydrogen) atoms. The third-order valence-corrected chi connectivity index (χ3v) is 2.77. The van der Waals surface area contributed by atoms with Gasteiger partial charge in [0.25, 0.3) is 0 Å². The Morgan fingerprint density at radius 2 is 2.35 bits per heavy atom. The lowest BCUT2D eigenvalue weighted by molar-refractivity contribution is -0.121. The van der Waals surface area contributed by atoms with Crippen molar-refractivity contribution in [2.75, 3.05) is 6.61 Å². The number of nitrogens with zero attached hydrogens (tertiary/aromatic N) is 1. The maximum absolute atomic E-state index is 13.1. The van der Waals surface area contributed by atoms with Crippen molar-refractivity contribution in [3.8, 4) is 0 Å². The lowest BCUT2D eigenvalue weighted by Crippen LogP contribution is -2.31. The molecule has 0 saturated heterocycles. The van der Waals surface area contributed by atoms with Gasteiger partial charge in [-0.2, -0.15) is 0 Å².